The Bertz CT molecular complexity index is 476. The molecular formula is C17H23NS. The summed E-state index contributed by atoms with van der Waals surface area (Å²) in [4.78, 5) is 1.47. The second-order valence-corrected chi connectivity index (χ2v) is 6.16. The first-order valence-electron chi connectivity index (χ1n) is 7.09. The van der Waals surface area contributed by atoms with E-state index < -0.39 is 0 Å². The van der Waals surface area contributed by atoms with Crippen molar-refractivity contribution < 1.29 is 0 Å². The minimum Gasteiger partial charge on any atom is -0.313 e. The van der Waals surface area contributed by atoms with E-state index in [4.69, 9.17) is 0 Å². The summed E-state index contributed by atoms with van der Waals surface area (Å²) in [5.41, 5.74) is 2.79. The number of benzene rings is 1. The van der Waals surface area contributed by atoms with Crippen molar-refractivity contribution in [1.29, 1.82) is 0 Å². The van der Waals surface area contributed by atoms with Crippen LogP contribution in [0, 0.1) is 6.92 Å². The number of hydrogen-bond acceptors (Lipinski definition) is 2. The van der Waals surface area contributed by atoms with Gasteiger partial charge < -0.3 is 5.32 Å². The molecule has 1 aromatic carbocycles. The molecule has 0 aliphatic rings. The van der Waals surface area contributed by atoms with Gasteiger partial charge in [0.2, 0.25) is 0 Å². The summed E-state index contributed by atoms with van der Waals surface area (Å²) in [6.07, 6.45) is 3.43. The highest BCUT2D eigenvalue weighted by Gasteiger charge is 2.10. The van der Waals surface area contributed by atoms with Crippen LogP contribution in [0.5, 0.6) is 0 Å². The second kappa shape index (κ2) is 7.46. The van der Waals surface area contributed by atoms with E-state index in [0.29, 0.717) is 6.04 Å². The van der Waals surface area contributed by atoms with Gasteiger partial charge in [-0.1, -0.05) is 42.8 Å². The monoisotopic (exact) mass is 273 g/mol. The number of thiophene rings is 1. The Morgan fingerprint density at radius 2 is 2.05 bits per heavy atom. The van der Waals surface area contributed by atoms with E-state index in [1.165, 1.54) is 22.4 Å². The van der Waals surface area contributed by atoms with Crippen molar-refractivity contribution in [2.45, 2.75) is 39.2 Å². The normalized spacial score (nSPS) is 12.5. The van der Waals surface area contributed by atoms with Gasteiger partial charge in [0.25, 0.3) is 0 Å². The zero-order valence-corrected chi connectivity index (χ0v) is 12.7. The molecule has 1 unspecified atom stereocenters. The van der Waals surface area contributed by atoms with Crippen molar-refractivity contribution in [2.24, 2.45) is 0 Å². The molecule has 0 saturated carbocycles. The molecule has 0 radical (unpaired) electrons. The van der Waals surface area contributed by atoms with Crippen LogP contribution < -0.4 is 5.32 Å². The lowest BCUT2D eigenvalue weighted by Crippen LogP contribution is -2.33. The molecule has 0 amide bonds. The van der Waals surface area contributed by atoms with Crippen molar-refractivity contribution in [2.75, 3.05) is 6.54 Å². The molecular weight excluding hydrogens is 250 g/mol. The molecule has 2 aromatic rings. The molecule has 0 spiro atoms. The van der Waals surface area contributed by atoms with Crippen molar-refractivity contribution in [1.82, 2.24) is 5.32 Å². The van der Waals surface area contributed by atoms with Crippen molar-refractivity contribution in [3.63, 3.8) is 0 Å². The largest absolute Gasteiger partial charge is 0.313 e. The molecule has 1 aromatic heterocycles. The van der Waals surface area contributed by atoms with Crippen molar-refractivity contribution in [3.05, 3.63) is 57.8 Å². The van der Waals surface area contributed by atoms with Gasteiger partial charge in [-0.15, -0.1) is 11.3 Å². The standard InChI is InChI=1S/C17H23NS/c1-3-9-18-16(13-17-8-5-10-19-17)12-15-7-4-6-14(2)11-15/h4-8,10-11,16,18H,3,9,12-13H2,1-2H3. The summed E-state index contributed by atoms with van der Waals surface area (Å²) in [5.74, 6) is 0. The van der Waals surface area contributed by atoms with E-state index in [1.807, 2.05) is 11.3 Å². The molecule has 1 nitrogen and oxygen atoms in total. The van der Waals surface area contributed by atoms with Gasteiger partial charge in [-0.05, 0) is 49.7 Å². The minimum atomic E-state index is 0.542. The second-order valence-electron chi connectivity index (χ2n) is 5.13. The van der Waals surface area contributed by atoms with Gasteiger partial charge in [0, 0.05) is 10.9 Å². The van der Waals surface area contributed by atoms with Crippen LogP contribution in [0.4, 0.5) is 0 Å². The number of hydrogen-bond donors (Lipinski definition) is 1. The fourth-order valence-electron chi connectivity index (χ4n) is 2.36. The average molecular weight is 273 g/mol. The highest BCUT2D eigenvalue weighted by molar-refractivity contribution is 7.09. The molecule has 0 bridgehead atoms. The molecule has 0 saturated heterocycles. The van der Waals surface area contributed by atoms with Crippen LogP contribution in [-0.4, -0.2) is 12.6 Å². The van der Waals surface area contributed by atoms with E-state index in [2.05, 4.69) is 60.9 Å². The highest BCUT2D eigenvalue weighted by Crippen LogP contribution is 2.14. The summed E-state index contributed by atoms with van der Waals surface area (Å²) in [5, 5.41) is 5.85. The van der Waals surface area contributed by atoms with E-state index in [9.17, 15) is 0 Å². The predicted molar refractivity (Wildman–Crippen MR) is 85.0 cm³/mol. The first kappa shape index (κ1) is 14.3. The molecule has 1 heterocycles. The van der Waals surface area contributed by atoms with E-state index in [1.54, 1.807) is 0 Å². The molecule has 0 aliphatic carbocycles. The third kappa shape index (κ3) is 4.81. The van der Waals surface area contributed by atoms with Crippen LogP contribution >= 0.6 is 11.3 Å². The summed E-state index contributed by atoms with van der Waals surface area (Å²) in [6, 6.07) is 13.8. The molecule has 19 heavy (non-hydrogen) atoms. The Morgan fingerprint density at radius 3 is 2.74 bits per heavy atom. The maximum Gasteiger partial charge on any atom is 0.0156 e. The Kier molecular flexibility index (Phi) is 5.62. The van der Waals surface area contributed by atoms with E-state index in [-0.39, 0.29) is 0 Å². The smallest absolute Gasteiger partial charge is 0.0156 e. The third-order valence-electron chi connectivity index (χ3n) is 3.28. The fraction of sp³-hybridized carbons (Fsp3) is 0.412. The lowest BCUT2D eigenvalue weighted by molar-refractivity contribution is 0.507. The SMILES string of the molecule is CCCNC(Cc1cccc(C)c1)Cc1cccs1. The summed E-state index contributed by atoms with van der Waals surface area (Å²) < 4.78 is 0. The van der Waals surface area contributed by atoms with Crippen LogP contribution in [0.3, 0.4) is 0 Å². The van der Waals surface area contributed by atoms with E-state index in [0.717, 1.165) is 19.4 Å². The summed E-state index contributed by atoms with van der Waals surface area (Å²) in [6.45, 7) is 5.49. The van der Waals surface area contributed by atoms with Crippen molar-refractivity contribution >= 4 is 11.3 Å². The van der Waals surface area contributed by atoms with Gasteiger partial charge in [0.05, 0.1) is 0 Å². The zero-order valence-electron chi connectivity index (χ0n) is 11.9. The van der Waals surface area contributed by atoms with Gasteiger partial charge in [-0.25, -0.2) is 0 Å². The lowest BCUT2D eigenvalue weighted by atomic mass is 10.0. The van der Waals surface area contributed by atoms with Gasteiger partial charge in [-0.3, -0.25) is 0 Å². The Labute approximate surface area is 120 Å². The van der Waals surface area contributed by atoms with Gasteiger partial charge in [0.1, 0.15) is 0 Å². The fourth-order valence-corrected chi connectivity index (χ4v) is 3.15. The lowest BCUT2D eigenvalue weighted by Gasteiger charge is -2.18. The predicted octanol–water partition coefficient (Wildman–Crippen LogP) is 4.21. The van der Waals surface area contributed by atoms with Crippen LogP contribution in [0.15, 0.2) is 41.8 Å². The zero-order chi connectivity index (χ0) is 13.5. The summed E-state index contributed by atoms with van der Waals surface area (Å²) in [7, 11) is 0. The average Bonchev–Trinajstić information content (AvgIpc) is 2.89. The highest BCUT2D eigenvalue weighted by atomic mass is 32.1. The molecule has 0 fully saturated rings. The van der Waals surface area contributed by atoms with E-state index >= 15 is 0 Å². The Morgan fingerprint density at radius 1 is 1.16 bits per heavy atom. The first-order valence-corrected chi connectivity index (χ1v) is 7.97. The topological polar surface area (TPSA) is 12.0 Å². The number of rotatable bonds is 7. The summed E-state index contributed by atoms with van der Waals surface area (Å²) >= 11 is 1.86. The maximum atomic E-state index is 3.68. The van der Waals surface area contributed by atoms with Crippen LogP contribution in [0.1, 0.15) is 29.3 Å². The van der Waals surface area contributed by atoms with Gasteiger partial charge in [-0.2, -0.15) is 0 Å². The number of aryl methyl sites for hydroxylation is 1. The quantitative estimate of drug-likeness (QED) is 0.797. The third-order valence-corrected chi connectivity index (χ3v) is 4.17. The minimum absolute atomic E-state index is 0.542. The molecule has 2 heteroatoms. The first-order chi connectivity index (χ1) is 9.28. The maximum absolute atomic E-state index is 3.68. The van der Waals surface area contributed by atoms with Crippen molar-refractivity contribution in [3.8, 4) is 0 Å². The molecule has 102 valence electrons. The van der Waals surface area contributed by atoms with Crippen LogP contribution in [0.25, 0.3) is 0 Å². The van der Waals surface area contributed by atoms with Crippen LogP contribution in [0.2, 0.25) is 0 Å². The molecule has 2 rings (SSSR count). The molecule has 0 aliphatic heterocycles. The Balaban J connectivity index is 2.00. The number of nitrogens with one attached hydrogen (secondary N) is 1. The Hall–Kier alpha value is -1.12. The molecule has 1 N–H and O–H groups in total. The van der Waals surface area contributed by atoms with Gasteiger partial charge >= 0.3 is 0 Å². The van der Waals surface area contributed by atoms with Gasteiger partial charge in [0.15, 0.2) is 0 Å². The van der Waals surface area contributed by atoms with Crippen LogP contribution in [-0.2, 0) is 12.8 Å². The molecule has 1 atom stereocenters.